The summed E-state index contributed by atoms with van der Waals surface area (Å²) in [5.74, 6) is -0.578. The molecule has 2 aromatic carbocycles. The molecule has 110 valence electrons. The Labute approximate surface area is 121 Å². The van der Waals surface area contributed by atoms with Crippen LogP contribution in [0.1, 0.15) is 18.5 Å². The Kier molecular flexibility index (Phi) is 4.87. The molecule has 1 N–H and O–H groups in total. The number of rotatable bonds is 5. The monoisotopic (exact) mass is 291 g/mol. The molecule has 0 spiro atoms. The van der Waals surface area contributed by atoms with Crippen LogP contribution in [0.25, 0.3) is 0 Å². The number of halogens is 2. The Bertz CT molecular complexity index is 597. The topological polar surface area (TPSA) is 38.3 Å². The fourth-order valence-electron chi connectivity index (χ4n) is 1.80. The van der Waals surface area contributed by atoms with Crippen LogP contribution in [-0.4, -0.2) is 12.5 Å². The number of nitrogens with one attached hydrogen (secondary N) is 1. The quantitative estimate of drug-likeness (QED) is 0.918. The zero-order chi connectivity index (χ0) is 15.2. The molecule has 0 saturated carbocycles. The summed E-state index contributed by atoms with van der Waals surface area (Å²) in [5, 5.41) is 2.74. The molecule has 1 amide bonds. The van der Waals surface area contributed by atoms with Gasteiger partial charge in [-0.05, 0) is 48.9 Å². The number of carbonyl (C=O) groups is 1. The average molecular weight is 291 g/mol. The van der Waals surface area contributed by atoms with Crippen LogP contribution < -0.4 is 10.1 Å². The lowest BCUT2D eigenvalue weighted by molar-refractivity contribution is -0.123. The number of amides is 1. The molecule has 5 heteroatoms. The van der Waals surface area contributed by atoms with Crippen molar-refractivity contribution >= 4 is 5.91 Å². The van der Waals surface area contributed by atoms with E-state index in [-0.39, 0.29) is 30.2 Å². The van der Waals surface area contributed by atoms with Crippen molar-refractivity contribution in [3.63, 3.8) is 0 Å². The van der Waals surface area contributed by atoms with Gasteiger partial charge in [0.15, 0.2) is 6.61 Å². The Morgan fingerprint density at radius 2 is 1.57 bits per heavy atom. The lowest BCUT2D eigenvalue weighted by Crippen LogP contribution is -2.31. The Balaban J connectivity index is 1.83. The van der Waals surface area contributed by atoms with Gasteiger partial charge in [0.05, 0.1) is 6.04 Å². The molecule has 0 heterocycles. The van der Waals surface area contributed by atoms with Gasteiger partial charge in [-0.25, -0.2) is 8.78 Å². The van der Waals surface area contributed by atoms with Gasteiger partial charge in [-0.1, -0.05) is 12.1 Å². The molecular formula is C16H15F2NO2. The van der Waals surface area contributed by atoms with Gasteiger partial charge in [0.2, 0.25) is 0 Å². The summed E-state index contributed by atoms with van der Waals surface area (Å²) >= 11 is 0. The third-order valence-electron chi connectivity index (χ3n) is 2.93. The molecule has 2 rings (SSSR count). The fourth-order valence-corrected chi connectivity index (χ4v) is 1.80. The summed E-state index contributed by atoms with van der Waals surface area (Å²) in [6.07, 6.45) is 0. The van der Waals surface area contributed by atoms with Crippen LogP contribution in [0.5, 0.6) is 5.75 Å². The molecule has 0 saturated heterocycles. The molecule has 0 aliphatic rings. The summed E-state index contributed by atoms with van der Waals surface area (Å²) in [4.78, 5) is 11.7. The molecule has 0 unspecified atom stereocenters. The summed E-state index contributed by atoms with van der Waals surface area (Å²) in [7, 11) is 0. The molecule has 1 atom stereocenters. The highest BCUT2D eigenvalue weighted by Gasteiger charge is 2.10. The van der Waals surface area contributed by atoms with E-state index in [1.54, 1.807) is 19.1 Å². The summed E-state index contributed by atoms with van der Waals surface area (Å²) < 4.78 is 30.8. The van der Waals surface area contributed by atoms with E-state index < -0.39 is 0 Å². The second kappa shape index (κ2) is 6.83. The van der Waals surface area contributed by atoms with Crippen LogP contribution >= 0.6 is 0 Å². The number of ether oxygens (including phenoxy) is 1. The van der Waals surface area contributed by atoms with Crippen molar-refractivity contribution in [2.75, 3.05) is 6.61 Å². The minimum Gasteiger partial charge on any atom is -0.484 e. The van der Waals surface area contributed by atoms with Crippen molar-refractivity contribution in [2.45, 2.75) is 13.0 Å². The van der Waals surface area contributed by atoms with Crippen LogP contribution in [0.4, 0.5) is 8.78 Å². The smallest absolute Gasteiger partial charge is 0.258 e. The van der Waals surface area contributed by atoms with E-state index in [0.717, 1.165) is 5.56 Å². The molecule has 2 aromatic rings. The van der Waals surface area contributed by atoms with Gasteiger partial charge in [-0.15, -0.1) is 0 Å². The van der Waals surface area contributed by atoms with Crippen LogP contribution in [0.2, 0.25) is 0 Å². The predicted octanol–water partition coefficient (Wildman–Crippen LogP) is 3.22. The normalized spacial score (nSPS) is 11.8. The highest BCUT2D eigenvalue weighted by molar-refractivity contribution is 5.78. The Morgan fingerprint density at radius 1 is 1.05 bits per heavy atom. The molecule has 21 heavy (non-hydrogen) atoms. The number of hydrogen-bond acceptors (Lipinski definition) is 2. The standard InChI is InChI=1S/C16H15F2NO2/c1-11(12-2-4-13(17)5-3-12)19-16(20)10-21-15-8-6-14(18)7-9-15/h2-9,11H,10H2,1H3,(H,19,20)/t11-/m0/s1. The van der Waals surface area contributed by atoms with Crippen LogP contribution in [0.15, 0.2) is 48.5 Å². The molecule has 0 aliphatic heterocycles. The Hall–Kier alpha value is -2.43. The fraction of sp³-hybridized carbons (Fsp3) is 0.188. The average Bonchev–Trinajstić information content (AvgIpc) is 2.47. The van der Waals surface area contributed by atoms with Crippen LogP contribution in [0, 0.1) is 11.6 Å². The number of hydrogen-bond donors (Lipinski definition) is 1. The van der Waals surface area contributed by atoms with Crippen molar-refractivity contribution in [1.29, 1.82) is 0 Å². The van der Waals surface area contributed by atoms with E-state index in [4.69, 9.17) is 4.74 Å². The minimum atomic E-state index is -0.364. The summed E-state index contributed by atoms with van der Waals surface area (Å²) in [6.45, 7) is 1.63. The molecular weight excluding hydrogens is 276 g/mol. The van der Waals surface area contributed by atoms with Gasteiger partial charge in [0, 0.05) is 0 Å². The van der Waals surface area contributed by atoms with Crippen molar-refractivity contribution < 1.29 is 18.3 Å². The van der Waals surface area contributed by atoms with E-state index >= 15 is 0 Å². The van der Waals surface area contributed by atoms with Crippen LogP contribution in [-0.2, 0) is 4.79 Å². The number of carbonyl (C=O) groups excluding carboxylic acids is 1. The first-order chi connectivity index (χ1) is 10.0. The summed E-state index contributed by atoms with van der Waals surface area (Å²) in [5.41, 5.74) is 0.798. The van der Waals surface area contributed by atoms with Crippen molar-refractivity contribution in [3.8, 4) is 5.75 Å². The first-order valence-electron chi connectivity index (χ1n) is 6.48. The van der Waals surface area contributed by atoms with Crippen LogP contribution in [0.3, 0.4) is 0 Å². The minimum absolute atomic E-state index is 0.169. The highest BCUT2D eigenvalue weighted by atomic mass is 19.1. The lowest BCUT2D eigenvalue weighted by atomic mass is 10.1. The van der Waals surface area contributed by atoms with E-state index in [0.29, 0.717) is 5.75 Å². The van der Waals surface area contributed by atoms with E-state index in [1.807, 2.05) is 0 Å². The first kappa shape index (κ1) is 15.0. The zero-order valence-corrected chi connectivity index (χ0v) is 11.5. The second-order valence-corrected chi connectivity index (χ2v) is 4.58. The highest BCUT2D eigenvalue weighted by Crippen LogP contribution is 2.13. The second-order valence-electron chi connectivity index (χ2n) is 4.58. The molecule has 3 nitrogen and oxygen atoms in total. The van der Waals surface area contributed by atoms with Gasteiger partial charge in [0.25, 0.3) is 5.91 Å². The third kappa shape index (κ3) is 4.56. The first-order valence-corrected chi connectivity index (χ1v) is 6.48. The van der Waals surface area contributed by atoms with E-state index in [9.17, 15) is 13.6 Å². The molecule has 0 bridgehead atoms. The molecule has 0 radical (unpaired) electrons. The van der Waals surface area contributed by atoms with Crippen molar-refractivity contribution in [1.82, 2.24) is 5.32 Å². The maximum absolute atomic E-state index is 12.8. The largest absolute Gasteiger partial charge is 0.484 e. The van der Waals surface area contributed by atoms with Gasteiger partial charge >= 0.3 is 0 Å². The van der Waals surface area contributed by atoms with Crippen molar-refractivity contribution in [3.05, 3.63) is 65.7 Å². The molecule has 0 fully saturated rings. The molecule has 0 aliphatic carbocycles. The molecule has 0 aromatic heterocycles. The SMILES string of the molecule is C[C@H](NC(=O)COc1ccc(F)cc1)c1ccc(F)cc1. The van der Waals surface area contributed by atoms with E-state index in [2.05, 4.69) is 5.32 Å². The maximum atomic E-state index is 12.8. The van der Waals surface area contributed by atoms with Gasteiger partial charge in [-0.2, -0.15) is 0 Å². The lowest BCUT2D eigenvalue weighted by Gasteiger charge is -2.14. The van der Waals surface area contributed by atoms with Crippen molar-refractivity contribution in [2.24, 2.45) is 0 Å². The van der Waals surface area contributed by atoms with Gasteiger partial charge in [-0.3, -0.25) is 4.79 Å². The third-order valence-corrected chi connectivity index (χ3v) is 2.93. The van der Waals surface area contributed by atoms with E-state index in [1.165, 1.54) is 36.4 Å². The Morgan fingerprint density at radius 3 is 2.14 bits per heavy atom. The zero-order valence-electron chi connectivity index (χ0n) is 11.5. The number of benzene rings is 2. The summed E-state index contributed by atoms with van der Waals surface area (Å²) in [6, 6.07) is 11.1. The van der Waals surface area contributed by atoms with Gasteiger partial charge in [0.1, 0.15) is 17.4 Å². The van der Waals surface area contributed by atoms with Gasteiger partial charge < -0.3 is 10.1 Å². The predicted molar refractivity (Wildman–Crippen MR) is 74.9 cm³/mol. The maximum Gasteiger partial charge on any atom is 0.258 e.